The third-order valence-electron chi connectivity index (χ3n) is 2.98. The van der Waals surface area contributed by atoms with Gasteiger partial charge in [0, 0.05) is 16.8 Å². The maximum absolute atomic E-state index is 13.9. The molecule has 0 aliphatic heterocycles. The van der Waals surface area contributed by atoms with Crippen molar-refractivity contribution in [1.82, 2.24) is 9.97 Å². The second-order valence-corrected chi connectivity index (χ2v) is 5.05. The summed E-state index contributed by atoms with van der Waals surface area (Å²) in [6.45, 7) is 0. The second-order valence-electron chi connectivity index (χ2n) is 4.61. The van der Waals surface area contributed by atoms with E-state index in [-0.39, 0.29) is 11.6 Å². The molecule has 3 aromatic rings. The van der Waals surface area contributed by atoms with Gasteiger partial charge >= 0.3 is 0 Å². The maximum Gasteiger partial charge on any atom is 0.166 e. The minimum atomic E-state index is -0.398. The van der Waals surface area contributed by atoms with Gasteiger partial charge in [-0.3, -0.25) is 0 Å². The normalized spacial score (nSPS) is 10.5. The van der Waals surface area contributed by atoms with Crippen LogP contribution in [0.3, 0.4) is 0 Å². The van der Waals surface area contributed by atoms with Crippen LogP contribution in [0.15, 0.2) is 54.6 Å². The number of nitrogens with two attached hydrogens (primary N) is 1. The zero-order valence-electron chi connectivity index (χ0n) is 11.4. The van der Waals surface area contributed by atoms with Gasteiger partial charge in [0.2, 0.25) is 0 Å². The second kappa shape index (κ2) is 5.99. The summed E-state index contributed by atoms with van der Waals surface area (Å²) in [5, 5.41) is 3.73. The van der Waals surface area contributed by atoms with Crippen molar-refractivity contribution >= 4 is 28.9 Å². The van der Waals surface area contributed by atoms with E-state index in [2.05, 4.69) is 15.3 Å². The standard InChI is InChI=1S/C16H12ClFN4/c17-10-5-7-11(8-6-10)20-15-9-14(19)21-16(22-15)12-3-1-2-4-13(12)18/h1-9H,(H3,19,20,21,22). The predicted molar refractivity (Wildman–Crippen MR) is 86.6 cm³/mol. The zero-order valence-corrected chi connectivity index (χ0v) is 12.2. The van der Waals surface area contributed by atoms with E-state index in [0.29, 0.717) is 16.4 Å². The Morgan fingerprint density at radius 1 is 1.00 bits per heavy atom. The molecule has 2 aromatic carbocycles. The lowest BCUT2D eigenvalue weighted by atomic mass is 10.2. The Hall–Kier alpha value is -2.66. The van der Waals surface area contributed by atoms with Crippen molar-refractivity contribution in [3.63, 3.8) is 0 Å². The molecule has 0 unspecified atom stereocenters. The first-order valence-corrected chi connectivity index (χ1v) is 6.92. The van der Waals surface area contributed by atoms with Gasteiger partial charge in [-0.1, -0.05) is 23.7 Å². The van der Waals surface area contributed by atoms with Crippen molar-refractivity contribution in [3.8, 4) is 11.4 Å². The number of nitrogens with zero attached hydrogens (tertiary/aromatic N) is 2. The molecular weight excluding hydrogens is 303 g/mol. The van der Waals surface area contributed by atoms with E-state index in [1.165, 1.54) is 6.07 Å². The van der Waals surface area contributed by atoms with Gasteiger partial charge in [-0.15, -0.1) is 0 Å². The van der Waals surface area contributed by atoms with Crippen molar-refractivity contribution in [1.29, 1.82) is 0 Å². The molecule has 0 amide bonds. The van der Waals surface area contributed by atoms with Crippen LogP contribution in [-0.4, -0.2) is 9.97 Å². The van der Waals surface area contributed by atoms with Gasteiger partial charge in [0.15, 0.2) is 5.82 Å². The summed E-state index contributed by atoms with van der Waals surface area (Å²) in [5.74, 6) is 0.567. The Morgan fingerprint density at radius 2 is 1.73 bits per heavy atom. The minimum Gasteiger partial charge on any atom is -0.384 e. The van der Waals surface area contributed by atoms with Crippen LogP contribution < -0.4 is 11.1 Å². The van der Waals surface area contributed by atoms with Gasteiger partial charge in [-0.2, -0.15) is 0 Å². The Bertz CT molecular complexity index is 805. The lowest BCUT2D eigenvalue weighted by molar-refractivity contribution is 0.630. The van der Waals surface area contributed by atoms with Crippen molar-refractivity contribution < 1.29 is 4.39 Å². The molecule has 3 N–H and O–H groups in total. The van der Waals surface area contributed by atoms with Crippen molar-refractivity contribution in [2.24, 2.45) is 0 Å². The van der Waals surface area contributed by atoms with Gasteiger partial charge < -0.3 is 11.1 Å². The molecular formula is C16H12ClFN4. The van der Waals surface area contributed by atoms with Crippen LogP contribution in [-0.2, 0) is 0 Å². The van der Waals surface area contributed by atoms with E-state index in [4.69, 9.17) is 17.3 Å². The van der Waals surface area contributed by atoms with Gasteiger partial charge in [-0.25, -0.2) is 14.4 Å². The largest absolute Gasteiger partial charge is 0.384 e. The molecule has 0 bridgehead atoms. The topological polar surface area (TPSA) is 63.8 Å². The van der Waals surface area contributed by atoms with Crippen LogP contribution in [0, 0.1) is 5.82 Å². The van der Waals surface area contributed by atoms with E-state index in [1.54, 1.807) is 36.4 Å². The van der Waals surface area contributed by atoms with Crippen LogP contribution in [0.4, 0.5) is 21.7 Å². The zero-order chi connectivity index (χ0) is 15.5. The number of aromatic nitrogens is 2. The number of nitrogens with one attached hydrogen (secondary N) is 1. The van der Waals surface area contributed by atoms with E-state index in [0.717, 1.165) is 5.69 Å². The summed E-state index contributed by atoms with van der Waals surface area (Å²) in [4.78, 5) is 8.39. The van der Waals surface area contributed by atoms with E-state index < -0.39 is 5.82 Å². The molecule has 0 atom stereocenters. The van der Waals surface area contributed by atoms with Gasteiger partial charge in [0.1, 0.15) is 17.5 Å². The Balaban J connectivity index is 1.96. The average Bonchev–Trinajstić information content (AvgIpc) is 2.49. The number of rotatable bonds is 3. The molecule has 0 fully saturated rings. The van der Waals surface area contributed by atoms with Crippen LogP contribution in [0.1, 0.15) is 0 Å². The first kappa shape index (κ1) is 14.3. The third kappa shape index (κ3) is 3.15. The van der Waals surface area contributed by atoms with Crippen molar-refractivity contribution in [2.75, 3.05) is 11.1 Å². The van der Waals surface area contributed by atoms with Crippen LogP contribution in [0.25, 0.3) is 11.4 Å². The Labute approximate surface area is 131 Å². The fourth-order valence-electron chi connectivity index (χ4n) is 1.97. The third-order valence-corrected chi connectivity index (χ3v) is 3.23. The number of anilines is 3. The molecule has 1 heterocycles. The first-order chi connectivity index (χ1) is 10.6. The lowest BCUT2D eigenvalue weighted by Crippen LogP contribution is -2.01. The predicted octanol–water partition coefficient (Wildman–Crippen LogP) is 4.26. The molecule has 3 rings (SSSR count). The van der Waals surface area contributed by atoms with Gasteiger partial charge in [0.05, 0.1) is 5.56 Å². The number of hydrogen-bond acceptors (Lipinski definition) is 4. The molecule has 4 nitrogen and oxygen atoms in total. The van der Waals surface area contributed by atoms with Crippen molar-refractivity contribution in [2.45, 2.75) is 0 Å². The maximum atomic E-state index is 13.9. The number of benzene rings is 2. The van der Waals surface area contributed by atoms with Gasteiger partial charge in [0.25, 0.3) is 0 Å². The molecule has 1 aromatic heterocycles. The molecule has 0 radical (unpaired) electrons. The van der Waals surface area contributed by atoms with Crippen LogP contribution >= 0.6 is 11.6 Å². The SMILES string of the molecule is Nc1cc(Nc2ccc(Cl)cc2)nc(-c2ccccc2F)n1. The quantitative estimate of drug-likeness (QED) is 0.758. The number of hydrogen-bond donors (Lipinski definition) is 2. The van der Waals surface area contributed by atoms with Crippen LogP contribution in [0.2, 0.25) is 5.02 Å². The molecule has 22 heavy (non-hydrogen) atoms. The van der Waals surface area contributed by atoms with Crippen LogP contribution in [0.5, 0.6) is 0 Å². The fourth-order valence-corrected chi connectivity index (χ4v) is 2.10. The highest BCUT2D eigenvalue weighted by molar-refractivity contribution is 6.30. The highest BCUT2D eigenvalue weighted by Gasteiger charge is 2.10. The first-order valence-electron chi connectivity index (χ1n) is 6.54. The summed E-state index contributed by atoms with van der Waals surface area (Å²) in [7, 11) is 0. The van der Waals surface area contributed by atoms with E-state index >= 15 is 0 Å². The summed E-state index contributed by atoms with van der Waals surface area (Å²) < 4.78 is 13.9. The smallest absolute Gasteiger partial charge is 0.166 e. The number of halogens is 2. The molecule has 0 saturated heterocycles. The molecule has 6 heteroatoms. The fraction of sp³-hybridized carbons (Fsp3) is 0. The molecule has 0 aliphatic carbocycles. The summed E-state index contributed by atoms with van der Waals surface area (Å²) in [6.07, 6.45) is 0. The average molecular weight is 315 g/mol. The molecule has 0 aliphatic rings. The summed E-state index contributed by atoms with van der Waals surface area (Å²) in [6, 6.07) is 15.0. The highest BCUT2D eigenvalue weighted by atomic mass is 35.5. The summed E-state index contributed by atoms with van der Waals surface area (Å²) in [5.41, 5.74) is 6.88. The molecule has 110 valence electrons. The van der Waals surface area contributed by atoms with E-state index in [1.807, 2.05) is 12.1 Å². The lowest BCUT2D eigenvalue weighted by Gasteiger charge is -2.09. The molecule has 0 spiro atoms. The summed E-state index contributed by atoms with van der Waals surface area (Å²) >= 11 is 5.85. The Morgan fingerprint density at radius 3 is 2.45 bits per heavy atom. The monoisotopic (exact) mass is 314 g/mol. The molecule has 0 saturated carbocycles. The Kier molecular flexibility index (Phi) is 3.89. The van der Waals surface area contributed by atoms with E-state index in [9.17, 15) is 4.39 Å². The number of nitrogen functional groups attached to an aromatic ring is 1. The minimum absolute atomic E-state index is 0.231. The van der Waals surface area contributed by atoms with Crippen molar-refractivity contribution in [3.05, 3.63) is 65.4 Å². The van der Waals surface area contributed by atoms with Gasteiger partial charge in [-0.05, 0) is 36.4 Å². The highest BCUT2D eigenvalue weighted by Crippen LogP contribution is 2.24.